The van der Waals surface area contributed by atoms with Crippen molar-refractivity contribution in [1.82, 2.24) is 5.16 Å². The molecule has 1 N–H and O–H groups in total. The molecule has 154 valence electrons. The van der Waals surface area contributed by atoms with Crippen LogP contribution in [0.5, 0.6) is 0 Å². The Labute approximate surface area is 178 Å². The molecule has 0 spiro atoms. The van der Waals surface area contributed by atoms with Crippen LogP contribution < -0.4 is 10.2 Å². The van der Waals surface area contributed by atoms with E-state index in [9.17, 15) is 9.59 Å². The molecule has 0 radical (unpaired) electrons. The number of nitrogens with one attached hydrogen (secondary N) is 1. The number of carbonyl (C=O) groups excluding carboxylic acids is 2. The molecule has 0 aliphatic carbocycles. The van der Waals surface area contributed by atoms with Crippen LogP contribution in [0.1, 0.15) is 32.8 Å². The molecule has 2 amide bonds. The van der Waals surface area contributed by atoms with Crippen molar-refractivity contribution >= 4 is 23.2 Å². The highest BCUT2D eigenvalue weighted by atomic mass is 16.5. The molecule has 0 fully saturated rings. The van der Waals surface area contributed by atoms with Crippen LogP contribution in [0.15, 0.2) is 81.9 Å². The van der Waals surface area contributed by atoms with Crippen molar-refractivity contribution in [2.24, 2.45) is 0 Å². The first kappa shape index (κ1) is 18.9. The van der Waals surface area contributed by atoms with E-state index in [1.165, 1.54) is 12.3 Å². The van der Waals surface area contributed by atoms with E-state index in [4.69, 9.17) is 8.94 Å². The van der Waals surface area contributed by atoms with Crippen LogP contribution in [0.25, 0.3) is 11.5 Å². The molecule has 0 saturated carbocycles. The number of aromatic nitrogens is 1. The van der Waals surface area contributed by atoms with Gasteiger partial charge in [-0.2, -0.15) is 0 Å². The van der Waals surface area contributed by atoms with Crippen molar-refractivity contribution < 1.29 is 18.5 Å². The fourth-order valence-electron chi connectivity index (χ4n) is 3.71. The highest BCUT2D eigenvalue weighted by Crippen LogP contribution is 2.31. The van der Waals surface area contributed by atoms with Crippen LogP contribution in [0.3, 0.4) is 0 Å². The van der Waals surface area contributed by atoms with Gasteiger partial charge in [0.05, 0.1) is 6.26 Å². The Kier molecular flexibility index (Phi) is 4.84. The molecule has 7 nitrogen and oxygen atoms in total. The quantitative estimate of drug-likeness (QED) is 0.520. The number of fused-ring (bicyclic) bond motifs is 1. The number of furan rings is 1. The van der Waals surface area contributed by atoms with E-state index in [2.05, 4.69) is 10.5 Å². The molecule has 2 aromatic carbocycles. The molecule has 0 atom stereocenters. The fraction of sp³-hybridized carbons (Fsp3) is 0.125. The van der Waals surface area contributed by atoms with Gasteiger partial charge in [-0.05, 0) is 54.8 Å². The van der Waals surface area contributed by atoms with Crippen LogP contribution in [0.4, 0.5) is 11.4 Å². The topological polar surface area (TPSA) is 88.6 Å². The smallest absolute Gasteiger partial charge is 0.277 e. The van der Waals surface area contributed by atoms with E-state index < -0.39 is 5.91 Å². The van der Waals surface area contributed by atoms with E-state index in [0.29, 0.717) is 29.3 Å². The van der Waals surface area contributed by atoms with Crippen LogP contribution in [0.2, 0.25) is 0 Å². The van der Waals surface area contributed by atoms with E-state index >= 15 is 0 Å². The van der Waals surface area contributed by atoms with Gasteiger partial charge < -0.3 is 19.2 Å². The first-order valence-electron chi connectivity index (χ1n) is 10.0. The van der Waals surface area contributed by atoms with Gasteiger partial charge in [0, 0.05) is 29.5 Å². The van der Waals surface area contributed by atoms with Gasteiger partial charge in [0.1, 0.15) is 0 Å². The summed E-state index contributed by atoms with van der Waals surface area (Å²) in [5.74, 6) is 0.415. The lowest BCUT2D eigenvalue weighted by atomic mass is 10.00. The lowest BCUT2D eigenvalue weighted by Crippen LogP contribution is -2.35. The Morgan fingerprint density at radius 1 is 0.968 bits per heavy atom. The Bertz CT molecular complexity index is 1230. The molecule has 1 aliphatic heterocycles. The highest BCUT2D eigenvalue weighted by molar-refractivity contribution is 6.08. The number of hydrogen-bond donors (Lipinski definition) is 1. The van der Waals surface area contributed by atoms with Gasteiger partial charge >= 0.3 is 0 Å². The van der Waals surface area contributed by atoms with Gasteiger partial charge in [-0.15, -0.1) is 0 Å². The molecule has 3 heterocycles. The van der Waals surface area contributed by atoms with Gasteiger partial charge in [-0.3, -0.25) is 9.59 Å². The third-order valence-corrected chi connectivity index (χ3v) is 5.23. The Morgan fingerprint density at radius 2 is 1.84 bits per heavy atom. The van der Waals surface area contributed by atoms with Crippen molar-refractivity contribution in [2.75, 3.05) is 16.8 Å². The number of amides is 2. The molecule has 7 heteroatoms. The minimum atomic E-state index is -0.404. The molecule has 2 aromatic heterocycles. The SMILES string of the molecule is O=C(Nc1ccc2c(c1)N(C(=O)c1ccccc1)CCC2)c1cc(-c2ccco2)on1. The second kappa shape index (κ2) is 7.95. The molecule has 0 saturated heterocycles. The summed E-state index contributed by atoms with van der Waals surface area (Å²) in [5.41, 5.74) is 3.25. The Morgan fingerprint density at radius 3 is 2.65 bits per heavy atom. The van der Waals surface area contributed by atoms with Crippen LogP contribution in [-0.2, 0) is 6.42 Å². The number of carbonyl (C=O) groups is 2. The summed E-state index contributed by atoms with van der Waals surface area (Å²) in [4.78, 5) is 27.5. The first-order valence-corrected chi connectivity index (χ1v) is 10.0. The largest absolute Gasteiger partial charge is 0.461 e. The summed E-state index contributed by atoms with van der Waals surface area (Å²) in [6.07, 6.45) is 3.30. The molecular formula is C24H19N3O4. The van der Waals surface area contributed by atoms with E-state index in [-0.39, 0.29) is 11.6 Å². The van der Waals surface area contributed by atoms with E-state index in [0.717, 1.165) is 24.1 Å². The second-order valence-corrected chi connectivity index (χ2v) is 7.28. The zero-order chi connectivity index (χ0) is 21.2. The summed E-state index contributed by atoms with van der Waals surface area (Å²) in [6, 6.07) is 19.8. The average Bonchev–Trinajstić information content (AvgIpc) is 3.51. The predicted molar refractivity (Wildman–Crippen MR) is 115 cm³/mol. The summed E-state index contributed by atoms with van der Waals surface area (Å²) < 4.78 is 10.5. The third-order valence-electron chi connectivity index (χ3n) is 5.23. The fourth-order valence-corrected chi connectivity index (χ4v) is 3.71. The standard InChI is InChI=1S/C24H19N3O4/c28-23(19-15-22(31-26-19)21-9-5-13-30-21)25-18-11-10-16-8-4-12-27(20(16)14-18)24(29)17-6-2-1-3-7-17/h1-3,5-7,9-11,13-15H,4,8,12H2,(H,25,28). The average molecular weight is 413 g/mol. The van der Waals surface area contributed by atoms with Gasteiger partial charge in [0.2, 0.25) is 5.76 Å². The summed E-state index contributed by atoms with van der Waals surface area (Å²) >= 11 is 0. The Balaban J connectivity index is 1.38. The van der Waals surface area contributed by atoms with Crippen molar-refractivity contribution in [3.63, 3.8) is 0 Å². The number of benzene rings is 2. The zero-order valence-electron chi connectivity index (χ0n) is 16.6. The lowest BCUT2D eigenvalue weighted by Gasteiger charge is -2.30. The summed E-state index contributed by atoms with van der Waals surface area (Å²) in [6.45, 7) is 0.633. The molecule has 1 aliphatic rings. The van der Waals surface area contributed by atoms with Crippen molar-refractivity contribution in [3.05, 3.63) is 89.8 Å². The van der Waals surface area contributed by atoms with Crippen molar-refractivity contribution in [3.8, 4) is 11.5 Å². The number of rotatable bonds is 4. The molecule has 0 unspecified atom stereocenters. The van der Waals surface area contributed by atoms with E-state index in [1.807, 2.05) is 48.5 Å². The normalized spacial score (nSPS) is 13.0. The number of nitrogens with zero attached hydrogens (tertiary/aromatic N) is 2. The summed E-state index contributed by atoms with van der Waals surface area (Å²) in [5, 5.41) is 6.66. The van der Waals surface area contributed by atoms with Crippen LogP contribution >= 0.6 is 0 Å². The maximum absolute atomic E-state index is 13.0. The highest BCUT2D eigenvalue weighted by Gasteiger charge is 2.24. The number of anilines is 2. The van der Waals surface area contributed by atoms with E-state index in [1.54, 1.807) is 17.0 Å². The first-order chi connectivity index (χ1) is 15.2. The van der Waals surface area contributed by atoms with Crippen molar-refractivity contribution in [2.45, 2.75) is 12.8 Å². The predicted octanol–water partition coefficient (Wildman–Crippen LogP) is 4.78. The maximum Gasteiger partial charge on any atom is 0.277 e. The zero-order valence-corrected chi connectivity index (χ0v) is 16.6. The molecular weight excluding hydrogens is 394 g/mol. The Hall–Kier alpha value is -4.13. The molecule has 4 aromatic rings. The minimum Gasteiger partial charge on any atom is -0.461 e. The summed E-state index contributed by atoms with van der Waals surface area (Å²) in [7, 11) is 0. The van der Waals surface area contributed by atoms with Crippen LogP contribution in [0, 0.1) is 0 Å². The van der Waals surface area contributed by atoms with Gasteiger partial charge in [-0.25, -0.2) is 0 Å². The molecule has 5 rings (SSSR count). The third kappa shape index (κ3) is 3.73. The van der Waals surface area contributed by atoms with Gasteiger partial charge in [0.25, 0.3) is 11.8 Å². The van der Waals surface area contributed by atoms with Crippen molar-refractivity contribution in [1.29, 1.82) is 0 Å². The second-order valence-electron chi connectivity index (χ2n) is 7.28. The van der Waals surface area contributed by atoms with Crippen LogP contribution in [-0.4, -0.2) is 23.5 Å². The number of hydrogen-bond acceptors (Lipinski definition) is 5. The molecule has 31 heavy (non-hydrogen) atoms. The molecule has 0 bridgehead atoms. The van der Waals surface area contributed by atoms with Gasteiger partial charge in [0.15, 0.2) is 11.5 Å². The van der Waals surface area contributed by atoms with Gasteiger partial charge in [-0.1, -0.05) is 29.4 Å². The maximum atomic E-state index is 13.0. The minimum absolute atomic E-state index is 0.0513. The lowest BCUT2D eigenvalue weighted by molar-refractivity contribution is 0.0983. The monoisotopic (exact) mass is 413 g/mol. The number of aryl methyl sites for hydroxylation is 1.